The van der Waals surface area contributed by atoms with Gasteiger partial charge in [0.05, 0.1) is 0 Å². The van der Waals surface area contributed by atoms with Gasteiger partial charge in [-0.15, -0.1) is 11.8 Å². The van der Waals surface area contributed by atoms with E-state index in [1.807, 2.05) is 48.9 Å². The fraction of sp³-hybridized carbons (Fsp3) is 0.200. The van der Waals surface area contributed by atoms with Crippen molar-refractivity contribution in [2.75, 3.05) is 12.9 Å². The van der Waals surface area contributed by atoms with Gasteiger partial charge >= 0.3 is 5.82 Å². The van der Waals surface area contributed by atoms with Gasteiger partial charge in [-0.25, -0.2) is 0 Å². The molecule has 2 heterocycles. The van der Waals surface area contributed by atoms with E-state index < -0.39 is 10.7 Å². The van der Waals surface area contributed by atoms with Crippen LogP contribution in [0.25, 0.3) is 5.69 Å². The van der Waals surface area contributed by atoms with Crippen LogP contribution in [0.2, 0.25) is 0 Å². The number of hydrogen-bond acceptors (Lipinski definition) is 6. The second kappa shape index (κ2) is 8.26. The molecule has 144 valence electrons. The van der Waals surface area contributed by atoms with Gasteiger partial charge in [0.15, 0.2) is 6.61 Å². The zero-order chi connectivity index (χ0) is 20.3. The molecule has 7 nitrogen and oxygen atoms in total. The van der Waals surface area contributed by atoms with E-state index >= 15 is 0 Å². The Kier molecular flexibility index (Phi) is 5.79. The molecular weight excluding hydrogens is 378 g/mol. The van der Waals surface area contributed by atoms with E-state index in [4.69, 9.17) is 4.74 Å². The molecule has 0 spiro atoms. The number of aromatic nitrogens is 2. The Hall–Kier alpha value is -3.13. The van der Waals surface area contributed by atoms with Crippen LogP contribution < -0.4 is 4.74 Å². The highest BCUT2D eigenvalue weighted by Gasteiger charge is 2.20. The molecule has 0 saturated carbocycles. The average molecular weight is 397 g/mol. The third-order valence-electron chi connectivity index (χ3n) is 4.33. The summed E-state index contributed by atoms with van der Waals surface area (Å²) in [5, 5.41) is 11.0. The van der Waals surface area contributed by atoms with Crippen LogP contribution in [-0.2, 0) is 0 Å². The number of aryl methyl sites for hydroxylation is 1. The first-order chi connectivity index (χ1) is 13.4. The monoisotopic (exact) mass is 397 g/mol. The molecule has 0 unspecified atom stereocenters. The maximum atomic E-state index is 12.7. The van der Waals surface area contributed by atoms with Crippen LogP contribution in [0.1, 0.15) is 21.7 Å². The second-order valence-electron chi connectivity index (χ2n) is 6.12. The van der Waals surface area contributed by atoms with Crippen LogP contribution in [0.15, 0.2) is 53.6 Å². The van der Waals surface area contributed by atoms with E-state index in [1.165, 1.54) is 18.3 Å². The molecule has 3 rings (SSSR count). The van der Waals surface area contributed by atoms with Crippen molar-refractivity contribution in [2.24, 2.45) is 0 Å². The molecule has 1 aromatic carbocycles. The minimum atomic E-state index is -0.635. The number of nitrogens with zero attached hydrogens (tertiary/aromatic N) is 3. The van der Waals surface area contributed by atoms with E-state index in [2.05, 4.69) is 11.1 Å². The SMILES string of the molecule is CSc1cccc(-n2c(C)cc(C(=O)COc3cccnc3[N+](=O)[O-])c2C)c1. The van der Waals surface area contributed by atoms with Crippen molar-refractivity contribution >= 4 is 23.4 Å². The number of ketones is 1. The number of carbonyl (C=O) groups is 1. The summed E-state index contributed by atoms with van der Waals surface area (Å²) in [6.07, 6.45) is 3.32. The van der Waals surface area contributed by atoms with E-state index in [0.717, 1.165) is 22.0 Å². The highest BCUT2D eigenvalue weighted by molar-refractivity contribution is 7.98. The maximum Gasteiger partial charge on any atom is 0.406 e. The summed E-state index contributed by atoms with van der Waals surface area (Å²) in [5.41, 5.74) is 3.22. The topological polar surface area (TPSA) is 87.3 Å². The van der Waals surface area contributed by atoms with E-state index in [-0.39, 0.29) is 18.1 Å². The quantitative estimate of drug-likeness (QED) is 0.254. The lowest BCUT2D eigenvalue weighted by Gasteiger charge is -2.11. The number of Topliss-reactive ketones (excluding diaryl/α,β-unsaturated/α-hetero) is 1. The summed E-state index contributed by atoms with van der Waals surface area (Å²) in [4.78, 5) is 27.9. The molecule has 28 heavy (non-hydrogen) atoms. The van der Waals surface area contributed by atoms with Crippen LogP contribution in [0, 0.1) is 24.0 Å². The van der Waals surface area contributed by atoms with Crippen LogP contribution >= 0.6 is 11.8 Å². The summed E-state index contributed by atoms with van der Waals surface area (Å²) >= 11 is 1.65. The van der Waals surface area contributed by atoms with Crippen molar-refractivity contribution in [3.8, 4) is 11.4 Å². The molecule has 0 amide bonds. The first kappa shape index (κ1) is 19.6. The molecule has 0 N–H and O–H groups in total. The summed E-state index contributed by atoms with van der Waals surface area (Å²) < 4.78 is 7.41. The van der Waals surface area contributed by atoms with Crippen LogP contribution in [0.3, 0.4) is 0 Å². The van der Waals surface area contributed by atoms with Crippen LogP contribution in [0.5, 0.6) is 5.75 Å². The van der Waals surface area contributed by atoms with Gasteiger partial charge in [0.2, 0.25) is 11.5 Å². The molecule has 2 aromatic heterocycles. The number of pyridine rings is 1. The molecule has 0 saturated heterocycles. The number of nitro groups is 1. The van der Waals surface area contributed by atoms with E-state index in [0.29, 0.717) is 5.56 Å². The Balaban J connectivity index is 1.85. The van der Waals surface area contributed by atoms with Gasteiger partial charge in [0, 0.05) is 27.5 Å². The minimum absolute atomic E-state index is 0.0256. The number of benzene rings is 1. The normalized spacial score (nSPS) is 10.7. The van der Waals surface area contributed by atoms with Crippen molar-refractivity contribution in [3.05, 3.63) is 75.7 Å². The fourth-order valence-corrected chi connectivity index (χ4v) is 3.50. The molecule has 0 aliphatic heterocycles. The first-order valence-corrected chi connectivity index (χ1v) is 9.73. The Morgan fingerprint density at radius 3 is 2.75 bits per heavy atom. The average Bonchev–Trinajstić information content (AvgIpc) is 3.00. The van der Waals surface area contributed by atoms with Gasteiger partial charge in [-0.1, -0.05) is 6.07 Å². The standard InChI is InChI=1S/C20H19N3O4S/c1-13-10-17(14(2)22(13)15-6-4-7-16(11-15)28-3)18(24)12-27-19-8-5-9-21-20(19)23(25)26/h4-11H,12H2,1-3H3. The Bertz CT molecular complexity index is 1050. The molecule has 0 aliphatic carbocycles. The van der Waals surface area contributed by atoms with Crippen LogP contribution in [0.4, 0.5) is 5.82 Å². The second-order valence-corrected chi connectivity index (χ2v) is 7.00. The molecule has 0 radical (unpaired) electrons. The van der Waals surface area contributed by atoms with Crippen molar-refractivity contribution in [1.29, 1.82) is 0 Å². The predicted octanol–water partition coefficient (Wildman–Crippen LogP) is 4.38. The number of hydrogen-bond donors (Lipinski definition) is 0. The minimum Gasteiger partial charge on any atom is -0.477 e. The Morgan fingerprint density at radius 1 is 1.25 bits per heavy atom. The third kappa shape index (κ3) is 3.91. The number of thioether (sulfide) groups is 1. The van der Waals surface area contributed by atoms with Crippen molar-refractivity contribution in [1.82, 2.24) is 9.55 Å². The van der Waals surface area contributed by atoms with Gasteiger partial charge in [-0.3, -0.25) is 4.79 Å². The molecule has 3 aromatic rings. The fourth-order valence-electron chi connectivity index (χ4n) is 3.05. The summed E-state index contributed by atoms with van der Waals surface area (Å²) in [7, 11) is 0. The third-order valence-corrected chi connectivity index (χ3v) is 5.05. The molecule has 0 fully saturated rings. The molecule has 0 aliphatic rings. The maximum absolute atomic E-state index is 12.7. The largest absolute Gasteiger partial charge is 0.477 e. The smallest absolute Gasteiger partial charge is 0.406 e. The van der Waals surface area contributed by atoms with Gasteiger partial charge in [0.25, 0.3) is 0 Å². The molecular formula is C20H19N3O4S. The number of rotatable bonds is 7. The number of ether oxygens (including phenoxy) is 1. The Morgan fingerprint density at radius 2 is 2.04 bits per heavy atom. The molecule has 8 heteroatoms. The predicted molar refractivity (Wildman–Crippen MR) is 108 cm³/mol. The molecule has 0 bridgehead atoms. The highest BCUT2D eigenvalue weighted by atomic mass is 32.2. The summed E-state index contributed by atoms with van der Waals surface area (Å²) in [6, 6.07) is 12.8. The van der Waals surface area contributed by atoms with Crippen molar-refractivity contribution < 1.29 is 14.5 Å². The van der Waals surface area contributed by atoms with E-state index in [9.17, 15) is 14.9 Å². The molecule has 0 atom stereocenters. The van der Waals surface area contributed by atoms with Gasteiger partial charge < -0.3 is 19.4 Å². The van der Waals surface area contributed by atoms with Gasteiger partial charge in [-0.05, 0) is 66.4 Å². The van der Waals surface area contributed by atoms with Crippen molar-refractivity contribution in [2.45, 2.75) is 18.7 Å². The number of carbonyl (C=O) groups excluding carboxylic acids is 1. The van der Waals surface area contributed by atoms with E-state index in [1.54, 1.807) is 11.8 Å². The summed E-state index contributed by atoms with van der Waals surface area (Å²) in [6.45, 7) is 3.50. The summed E-state index contributed by atoms with van der Waals surface area (Å²) in [5.74, 6) is -0.685. The Labute approximate surface area is 166 Å². The van der Waals surface area contributed by atoms with Crippen LogP contribution in [-0.4, -0.2) is 33.1 Å². The van der Waals surface area contributed by atoms with Gasteiger partial charge in [-0.2, -0.15) is 0 Å². The lowest BCUT2D eigenvalue weighted by Crippen LogP contribution is -2.13. The van der Waals surface area contributed by atoms with Gasteiger partial charge in [0.1, 0.15) is 6.20 Å². The highest BCUT2D eigenvalue weighted by Crippen LogP contribution is 2.26. The zero-order valence-electron chi connectivity index (χ0n) is 15.7. The zero-order valence-corrected chi connectivity index (χ0v) is 16.5. The lowest BCUT2D eigenvalue weighted by molar-refractivity contribution is -0.390. The van der Waals surface area contributed by atoms with Crippen molar-refractivity contribution in [3.63, 3.8) is 0 Å². The first-order valence-electron chi connectivity index (χ1n) is 8.51. The lowest BCUT2D eigenvalue weighted by atomic mass is 10.1.